The molecule has 0 aromatic carbocycles. The summed E-state index contributed by atoms with van der Waals surface area (Å²) in [6.45, 7) is 1.81. The highest BCUT2D eigenvalue weighted by molar-refractivity contribution is 5.96. The number of hydrogen-bond donors (Lipinski definition) is 0. The average molecular weight is 184 g/mol. The van der Waals surface area contributed by atoms with Gasteiger partial charge in [0, 0.05) is 13.0 Å². The summed E-state index contributed by atoms with van der Waals surface area (Å²) >= 11 is 0. The minimum atomic E-state index is -1.42. The fourth-order valence-electron chi connectivity index (χ4n) is 1.19. The van der Waals surface area contributed by atoms with E-state index in [1.54, 1.807) is 6.92 Å². The second kappa shape index (κ2) is 3.42. The maximum atomic E-state index is 11.0. The maximum Gasteiger partial charge on any atom is 0.343 e. The smallest absolute Gasteiger partial charge is 0.343 e. The number of hydrogen-bond acceptors (Lipinski definition) is 4. The molecule has 1 heterocycles. The Kier molecular flexibility index (Phi) is 2.50. The first-order chi connectivity index (χ1) is 6.06. The van der Waals surface area contributed by atoms with Crippen molar-refractivity contribution in [3.8, 4) is 0 Å². The predicted molar refractivity (Wildman–Crippen MR) is 38.6 cm³/mol. The highest BCUT2D eigenvalue weighted by atomic mass is 16.4. The Morgan fingerprint density at radius 1 is 1.77 bits per heavy atom. The molecule has 72 valence electrons. The van der Waals surface area contributed by atoms with Crippen LogP contribution in [0.4, 0.5) is 4.79 Å². The summed E-state index contributed by atoms with van der Waals surface area (Å²) in [6, 6.07) is -1.96. The average Bonchev–Trinajstić information content (AvgIpc) is 2.02. The molecule has 1 rings (SSSR count). The lowest BCUT2D eigenvalue weighted by molar-refractivity contribution is -0.311. The Bertz CT molecular complexity index is 274. The van der Waals surface area contributed by atoms with E-state index >= 15 is 0 Å². The highest BCUT2D eigenvalue weighted by Crippen LogP contribution is 2.11. The van der Waals surface area contributed by atoms with Crippen molar-refractivity contribution in [3.63, 3.8) is 0 Å². The first-order valence-corrected chi connectivity index (χ1v) is 3.82. The summed E-state index contributed by atoms with van der Waals surface area (Å²) in [5.41, 5.74) is 0. The first-order valence-electron chi connectivity index (χ1n) is 3.82. The zero-order valence-corrected chi connectivity index (χ0v) is 7.02. The van der Waals surface area contributed by atoms with Gasteiger partial charge in [-0.3, -0.25) is 0 Å². The number of amides is 2. The first kappa shape index (κ1) is 9.50. The lowest BCUT2D eigenvalue weighted by atomic mass is 10.1. The van der Waals surface area contributed by atoms with Crippen LogP contribution >= 0.6 is 0 Å². The molecule has 0 radical (unpaired) electrons. The van der Waals surface area contributed by atoms with Gasteiger partial charge in [0.05, 0.1) is 12.0 Å². The standard InChI is InChI=1S/C7H10N2O4/c1-2-9-4(6(11)12)3-5(10)8-7(9)13/h4H,2-3H2,1H3,(H,11,12)(H,8,10,13)/p-2. The van der Waals surface area contributed by atoms with E-state index in [9.17, 15) is 19.8 Å². The Morgan fingerprint density at radius 2 is 2.38 bits per heavy atom. The number of carbonyl (C=O) groups is 2. The number of carbonyl (C=O) groups excluding carboxylic acids is 2. The van der Waals surface area contributed by atoms with E-state index in [0.29, 0.717) is 0 Å². The Balaban J connectivity index is 2.91. The van der Waals surface area contributed by atoms with Crippen LogP contribution in [0.5, 0.6) is 0 Å². The number of aliphatic carboxylic acids is 1. The molecule has 6 nitrogen and oxygen atoms in total. The van der Waals surface area contributed by atoms with Crippen molar-refractivity contribution in [1.29, 1.82) is 0 Å². The molecule has 0 fully saturated rings. The molecule has 0 aliphatic carbocycles. The number of aliphatic imine (C=N–C) groups is 1. The third-order valence-electron chi connectivity index (χ3n) is 1.82. The number of nitrogens with zero attached hydrogens (tertiary/aromatic N) is 2. The number of carboxylic acids is 1. The fourth-order valence-corrected chi connectivity index (χ4v) is 1.19. The van der Waals surface area contributed by atoms with Gasteiger partial charge in [0.25, 0.3) is 0 Å². The number of rotatable bonds is 2. The third-order valence-corrected chi connectivity index (χ3v) is 1.82. The van der Waals surface area contributed by atoms with Gasteiger partial charge in [-0.2, -0.15) is 0 Å². The lowest BCUT2D eigenvalue weighted by Crippen LogP contribution is -2.54. The molecule has 0 aromatic heterocycles. The van der Waals surface area contributed by atoms with Gasteiger partial charge in [0.15, 0.2) is 0 Å². The van der Waals surface area contributed by atoms with E-state index in [2.05, 4.69) is 4.99 Å². The number of urea groups is 1. The molecule has 0 bridgehead atoms. The Labute approximate surface area is 74.5 Å². The second-order valence-corrected chi connectivity index (χ2v) is 2.61. The van der Waals surface area contributed by atoms with Crippen LogP contribution in [0.1, 0.15) is 13.3 Å². The van der Waals surface area contributed by atoms with Crippen molar-refractivity contribution < 1.29 is 19.8 Å². The normalized spacial score (nSPS) is 22.8. The van der Waals surface area contributed by atoms with Gasteiger partial charge in [-0.1, -0.05) is 0 Å². The molecule has 0 spiro atoms. The summed E-state index contributed by atoms with van der Waals surface area (Å²) in [7, 11) is 0. The molecule has 0 saturated heterocycles. The van der Waals surface area contributed by atoms with E-state index in [4.69, 9.17) is 0 Å². The van der Waals surface area contributed by atoms with Crippen LogP contribution in [0.15, 0.2) is 4.99 Å². The summed E-state index contributed by atoms with van der Waals surface area (Å²) in [5.74, 6) is -2.12. The Hall–Kier alpha value is -1.59. The van der Waals surface area contributed by atoms with Gasteiger partial charge < -0.3 is 19.9 Å². The topological polar surface area (TPSA) is 95.9 Å². The van der Waals surface area contributed by atoms with Crippen LogP contribution in [-0.4, -0.2) is 35.4 Å². The molecule has 13 heavy (non-hydrogen) atoms. The SMILES string of the molecule is CCN1C(=O)N=C([O-])CC1C(=O)[O-]. The van der Waals surface area contributed by atoms with E-state index < -0.39 is 23.9 Å². The minimum Gasteiger partial charge on any atom is -0.862 e. The number of carboxylic acid groups (broad SMARTS) is 1. The van der Waals surface area contributed by atoms with Crippen molar-refractivity contribution in [1.82, 2.24) is 4.90 Å². The molecule has 6 heteroatoms. The second-order valence-electron chi connectivity index (χ2n) is 2.61. The quantitative estimate of drug-likeness (QED) is 0.482. The minimum absolute atomic E-state index is 0.203. The highest BCUT2D eigenvalue weighted by Gasteiger charge is 2.26. The van der Waals surface area contributed by atoms with Gasteiger partial charge in [-0.05, 0) is 12.8 Å². The molecule has 1 aliphatic rings. The molecular formula is C7H8N2O4-2. The van der Waals surface area contributed by atoms with Crippen LogP contribution in [0.3, 0.4) is 0 Å². The zero-order valence-electron chi connectivity index (χ0n) is 7.02. The molecule has 0 saturated carbocycles. The van der Waals surface area contributed by atoms with Crippen LogP contribution in [0, 0.1) is 0 Å². The van der Waals surface area contributed by atoms with Crippen molar-refractivity contribution in [2.24, 2.45) is 4.99 Å². The van der Waals surface area contributed by atoms with Crippen molar-refractivity contribution >= 4 is 17.9 Å². The lowest BCUT2D eigenvalue weighted by Gasteiger charge is -2.35. The molecule has 1 atom stereocenters. The van der Waals surface area contributed by atoms with Gasteiger partial charge in [0.1, 0.15) is 0 Å². The van der Waals surface area contributed by atoms with Crippen molar-refractivity contribution in [3.05, 3.63) is 0 Å². The van der Waals surface area contributed by atoms with E-state index in [1.807, 2.05) is 0 Å². The largest absolute Gasteiger partial charge is 0.862 e. The fraction of sp³-hybridized carbons (Fsp3) is 0.571. The van der Waals surface area contributed by atoms with Crippen LogP contribution in [-0.2, 0) is 4.79 Å². The zero-order chi connectivity index (χ0) is 10.0. The van der Waals surface area contributed by atoms with Gasteiger partial charge in [-0.25, -0.2) is 9.79 Å². The van der Waals surface area contributed by atoms with Gasteiger partial charge in [0.2, 0.25) is 0 Å². The number of likely N-dealkylation sites (N-methyl/N-ethyl adjacent to an activating group) is 1. The van der Waals surface area contributed by atoms with Crippen LogP contribution < -0.4 is 10.2 Å². The summed E-state index contributed by atoms with van der Waals surface area (Å²) in [6.07, 6.45) is -0.290. The molecule has 1 aliphatic heterocycles. The van der Waals surface area contributed by atoms with Crippen LogP contribution in [0.2, 0.25) is 0 Å². The summed E-state index contributed by atoms with van der Waals surface area (Å²) < 4.78 is 0. The van der Waals surface area contributed by atoms with E-state index in [-0.39, 0.29) is 13.0 Å². The molecular weight excluding hydrogens is 176 g/mol. The summed E-state index contributed by atoms with van der Waals surface area (Å²) in [4.78, 5) is 25.6. The third kappa shape index (κ3) is 1.77. The van der Waals surface area contributed by atoms with Gasteiger partial charge >= 0.3 is 6.03 Å². The predicted octanol–water partition coefficient (Wildman–Crippen LogP) is -2.29. The van der Waals surface area contributed by atoms with Gasteiger partial charge in [-0.15, -0.1) is 0 Å². The molecule has 1 unspecified atom stereocenters. The summed E-state index contributed by atoms with van der Waals surface area (Å²) in [5, 5.41) is 21.3. The molecule has 2 amide bonds. The van der Waals surface area contributed by atoms with Crippen molar-refractivity contribution in [2.75, 3.05) is 6.54 Å². The van der Waals surface area contributed by atoms with E-state index in [0.717, 1.165) is 4.90 Å². The molecule has 0 aromatic rings. The van der Waals surface area contributed by atoms with Crippen molar-refractivity contribution in [2.45, 2.75) is 19.4 Å². The van der Waals surface area contributed by atoms with Crippen LogP contribution in [0.25, 0.3) is 0 Å². The monoisotopic (exact) mass is 184 g/mol. The molecule has 0 N–H and O–H groups in total. The maximum absolute atomic E-state index is 11.0. The van der Waals surface area contributed by atoms with E-state index in [1.165, 1.54) is 0 Å². The Morgan fingerprint density at radius 3 is 2.85 bits per heavy atom.